The molecule has 3 aromatic carbocycles. The molecule has 148 valence electrons. The van der Waals surface area contributed by atoms with Crippen LogP contribution in [0.5, 0.6) is 5.75 Å². The van der Waals surface area contributed by atoms with Gasteiger partial charge in [-0.25, -0.2) is 0 Å². The van der Waals surface area contributed by atoms with E-state index in [0.29, 0.717) is 23.5 Å². The van der Waals surface area contributed by atoms with Crippen LogP contribution < -0.4 is 10.1 Å². The molecule has 0 heterocycles. The minimum Gasteiger partial charge on any atom is -0.497 e. The van der Waals surface area contributed by atoms with Crippen LogP contribution in [-0.2, 0) is 4.79 Å². The zero-order valence-corrected chi connectivity index (χ0v) is 16.6. The minimum atomic E-state index is -0.255. The first-order valence-electron chi connectivity index (χ1n) is 9.49. The molecule has 0 atom stereocenters. The molecule has 29 heavy (non-hydrogen) atoms. The average Bonchev–Trinajstić information content (AvgIpc) is 2.78. The summed E-state index contributed by atoms with van der Waals surface area (Å²) in [5.74, 6) is 0.229. The van der Waals surface area contributed by atoms with E-state index in [2.05, 4.69) is 5.32 Å². The Balaban J connectivity index is 1.65. The van der Waals surface area contributed by atoms with Crippen molar-refractivity contribution in [2.24, 2.45) is 0 Å². The first kappa shape index (κ1) is 20.1. The number of amides is 2. The van der Waals surface area contributed by atoms with Crippen molar-refractivity contribution in [3.8, 4) is 16.9 Å². The van der Waals surface area contributed by atoms with Crippen LogP contribution in [0, 0.1) is 0 Å². The summed E-state index contributed by atoms with van der Waals surface area (Å²) in [5.41, 5.74) is 3.32. The summed E-state index contributed by atoms with van der Waals surface area (Å²) in [4.78, 5) is 26.8. The number of hydrogen-bond donors (Lipinski definition) is 1. The second kappa shape index (κ2) is 9.55. The number of ether oxygens (including phenoxy) is 1. The van der Waals surface area contributed by atoms with Gasteiger partial charge in [0.05, 0.1) is 7.11 Å². The lowest BCUT2D eigenvalue weighted by Gasteiger charge is -2.20. The number of carbonyl (C=O) groups excluding carboxylic acids is 2. The van der Waals surface area contributed by atoms with E-state index in [0.717, 1.165) is 11.1 Å². The summed E-state index contributed by atoms with van der Waals surface area (Å²) in [6.45, 7) is 2.27. The van der Waals surface area contributed by atoms with Crippen LogP contribution in [0.4, 0.5) is 5.69 Å². The quantitative estimate of drug-likeness (QED) is 0.650. The third kappa shape index (κ3) is 5.23. The van der Waals surface area contributed by atoms with Gasteiger partial charge in [0.25, 0.3) is 5.91 Å². The van der Waals surface area contributed by atoms with Gasteiger partial charge in [-0.3, -0.25) is 9.59 Å². The van der Waals surface area contributed by atoms with Crippen molar-refractivity contribution in [1.82, 2.24) is 4.90 Å². The number of hydrogen-bond acceptors (Lipinski definition) is 3. The van der Waals surface area contributed by atoms with Crippen molar-refractivity contribution < 1.29 is 14.3 Å². The maximum atomic E-state index is 12.8. The molecule has 3 rings (SSSR count). The van der Waals surface area contributed by atoms with Crippen molar-refractivity contribution in [3.63, 3.8) is 0 Å². The SMILES string of the molecule is CCN(CC(=O)Nc1cccc(OC)c1)C(=O)c1ccc(-c2ccccc2)cc1. The predicted octanol–water partition coefficient (Wildman–Crippen LogP) is 4.46. The topological polar surface area (TPSA) is 58.6 Å². The van der Waals surface area contributed by atoms with E-state index >= 15 is 0 Å². The summed E-state index contributed by atoms with van der Waals surface area (Å²) in [6, 6.07) is 24.5. The van der Waals surface area contributed by atoms with Crippen molar-refractivity contribution in [1.29, 1.82) is 0 Å². The standard InChI is InChI=1S/C24H24N2O3/c1-3-26(17-23(27)25-21-10-7-11-22(16-21)29-2)24(28)20-14-12-19(13-15-20)18-8-5-4-6-9-18/h4-16H,3,17H2,1-2H3,(H,25,27). The van der Waals surface area contributed by atoms with Crippen molar-refractivity contribution >= 4 is 17.5 Å². The Bertz CT molecular complexity index is 969. The molecule has 3 aromatic rings. The molecule has 0 aliphatic heterocycles. The molecule has 0 aliphatic rings. The highest BCUT2D eigenvalue weighted by Crippen LogP contribution is 2.20. The molecule has 0 bridgehead atoms. The summed E-state index contributed by atoms with van der Waals surface area (Å²) in [6.07, 6.45) is 0. The summed E-state index contributed by atoms with van der Waals surface area (Å²) in [5, 5.41) is 2.81. The highest BCUT2D eigenvalue weighted by Gasteiger charge is 2.17. The molecule has 0 fully saturated rings. The highest BCUT2D eigenvalue weighted by molar-refractivity contribution is 5.99. The molecule has 1 N–H and O–H groups in total. The van der Waals surface area contributed by atoms with Crippen LogP contribution >= 0.6 is 0 Å². The number of anilines is 1. The van der Waals surface area contributed by atoms with Crippen LogP contribution in [0.15, 0.2) is 78.9 Å². The maximum absolute atomic E-state index is 12.8. The summed E-state index contributed by atoms with van der Waals surface area (Å²) < 4.78 is 5.16. The lowest BCUT2D eigenvalue weighted by molar-refractivity contribution is -0.116. The molecule has 0 saturated heterocycles. The van der Waals surface area contributed by atoms with Gasteiger partial charge in [0.1, 0.15) is 12.3 Å². The van der Waals surface area contributed by atoms with Gasteiger partial charge in [-0.15, -0.1) is 0 Å². The van der Waals surface area contributed by atoms with Crippen LogP contribution in [0.1, 0.15) is 17.3 Å². The number of nitrogens with zero attached hydrogens (tertiary/aromatic N) is 1. The molecule has 0 radical (unpaired) electrons. The zero-order valence-electron chi connectivity index (χ0n) is 16.6. The molecular formula is C24H24N2O3. The molecule has 2 amide bonds. The van der Waals surface area contributed by atoms with Crippen LogP contribution in [0.2, 0.25) is 0 Å². The fourth-order valence-corrected chi connectivity index (χ4v) is 3.02. The zero-order chi connectivity index (χ0) is 20.6. The average molecular weight is 388 g/mol. The van der Waals surface area contributed by atoms with Gasteiger partial charge in [-0.1, -0.05) is 48.5 Å². The van der Waals surface area contributed by atoms with Gasteiger partial charge in [-0.05, 0) is 42.3 Å². The second-order valence-corrected chi connectivity index (χ2v) is 6.54. The molecule has 0 unspecified atom stereocenters. The molecular weight excluding hydrogens is 364 g/mol. The lowest BCUT2D eigenvalue weighted by Crippen LogP contribution is -2.37. The monoisotopic (exact) mass is 388 g/mol. The third-order valence-electron chi connectivity index (χ3n) is 4.60. The number of likely N-dealkylation sites (N-methyl/N-ethyl adjacent to an activating group) is 1. The first-order chi connectivity index (χ1) is 14.1. The van der Waals surface area contributed by atoms with Crippen LogP contribution in [-0.4, -0.2) is 36.9 Å². The maximum Gasteiger partial charge on any atom is 0.254 e. The van der Waals surface area contributed by atoms with Gasteiger partial charge >= 0.3 is 0 Å². The van der Waals surface area contributed by atoms with Gasteiger partial charge in [0, 0.05) is 23.9 Å². The van der Waals surface area contributed by atoms with Crippen molar-refractivity contribution in [2.75, 3.05) is 25.5 Å². The molecule has 5 heteroatoms. The Kier molecular flexibility index (Phi) is 6.63. The van der Waals surface area contributed by atoms with E-state index in [1.807, 2.05) is 49.4 Å². The number of benzene rings is 3. The fourth-order valence-electron chi connectivity index (χ4n) is 3.02. The third-order valence-corrected chi connectivity index (χ3v) is 4.60. The number of carbonyl (C=O) groups is 2. The largest absolute Gasteiger partial charge is 0.497 e. The number of methoxy groups -OCH3 is 1. The molecule has 0 saturated carbocycles. The first-order valence-corrected chi connectivity index (χ1v) is 9.49. The van der Waals surface area contributed by atoms with Gasteiger partial charge in [-0.2, -0.15) is 0 Å². The molecule has 0 spiro atoms. The Morgan fingerprint density at radius 3 is 2.24 bits per heavy atom. The van der Waals surface area contributed by atoms with Gasteiger partial charge in [0.15, 0.2) is 0 Å². The van der Waals surface area contributed by atoms with Crippen molar-refractivity contribution in [3.05, 3.63) is 84.4 Å². The Hall–Kier alpha value is -3.60. The van der Waals surface area contributed by atoms with E-state index in [4.69, 9.17) is 4.74 Å². The number of rotatable bonds is 7. The highest BCUT2D eigenvalue weighted by atomic mass is 16.5. The lowest BCUT2D eigenvalue weighted by atomic mass is 10.0. The summed E-state index contributed by atoms with van der Waals surface area (Å²) in [7, 11) is 1.57. The van der Waals surface area contributed by atoms with Crippen molar-refractivity contribution in [2.45, 2.75) is 6.92 Å². The summed E-state index contributed by atoms with van der Waals surface area (Å²) >= 11 is 0. The minimum absolute atomic E-state index is 0.0209. The normalized spacial score (nSPS) is 10.3. The van der Waals surface area contributed by atoms with E-state index in [1.165, 1.54) is 4.90 Å². The molecule has 0 aliphatic carbocycles. The van der Waals surface area contributed by atoms with E-state index in [1.54, 1.807) is 43.5 Å². The van der Waals surface area contributed by atoms with Gasteiger partial charge < -0.3 is 15.0 Å². The Morgan fingerprint density at radius 2 is 1.59 bits per heavy atom. The fraction of sp³-hybridized carbons (Fsp3) is 0.167. The molecule has 0 aromatic heterocycles. The second-order valence-electron chi connectivity index (χ2n) is 6.54. The smallest absolute Gasteiger partial charge is 0.254 e. The Morgan fingerprint density at radius 1 is 0.897 bits per heavy atom. The molecule has 5 nitrogen and oxygen atoms in total. The Labute approximate surface area is 170 Å². The van der Waals surface area contributed by atoms with E-state index in [9.17, 15) is 9.59 Å². The van der Waals surface area contributed by atoms with Crippen LogP contribution in [0.3, 0.4) is 0 Å². The van der Waals surface area contributed by atoms with E-state index < -0.39 is 0 Å². The number of nitrogens with one attached hydrogen (secondary N) is 1. The van der Waals surface area contributed by atoms with E-state index in [-0.39, 0.29) is 18.4 Å². The predicted molar refractivity (Wildman–Crippen MR) is 115 cm³/mol. The van der Waals surface area contributed by atoms with Crippen LogP contribution in [0.25, 0.3) is 11.1 Å². The van der Waals surface area contributed by atoms with Gasteiger partial charge in [0.2, 0.25) is 5.91 Å².